The van der Waals surface area contributed by atoms with Gasteiger partial charge in [-0.2, -0.15) is 0 Å². The van der Waals surface area contributed by atoms with Gasteiger partial charge in [0.15, 0.2) is 6.61 Å². The number of anilines is 2. The fourth-order valence-corrected chi connectivity index (χ4v) is 2.98. The van der Waals surface area contributed by atoms with Crippen LogP contribution in [0.2, 0.25) is 0 Å². The lowest BCUT2D eigenvalue weighted by Gasteiger charge is -2.29. The maximum atomic E-state index is 12.6. The van der Waals surface area contributed by atoms with Crippen molar-refractivity contribution in [3.63, 3.8) is 0 Å². The number of morpholine rings is 1. The number of hydrogen-bond acceptors (Lipinski definition) is 6. The number of amides is 1. The summed E-state index contributed by atoms with van der Waals surface area (Å²) in [5.74, 6) is -0.260. The van der Waals surface area contributed by atoms with Gasteiger partial charge >= 0.3 is 5.97 Å². The Hall–Kier alpha value is -2.93. The predicted octanol–water partition coefficient (Wildman–Crippen LogP) is 2.13. The molecule has 1 amide bonds. The number of nitrogens with zero attached hydrogens (tertiary/aromatic N) is 3. The maximum absolute atomic E-state index is 12.6. The molecule has 7 nitrogen and oxygen atoms in total. The Morgan fingerprint density at radius 1 is 1.15 bits per heavy atom. The highest BCUT2D eigenvalue weighted by atomic mass is 16.5. The van der Waals surface area contributed by atoms with Gasteiger partial charge in [-0.05, 0) is 31.2 Å². The van der Waals surface area contributed by atoms with E-state index in [4.69, 9.17) is 9.47 Å². The van der Waals surface area contributed by atoms with Gasteiger partial charge in [0.2, 0.25) is 0 Å². The van der Waals surface area contributed by atoms with Crippen LogP contribution in [-0.4, -0.2) is 56.3 Å². The number of para-hydroxylation sites is 1. The van der Waals surface area contributed by atoms with Crippen molar-refractivity contribution in [2.45, 2.75) is 6.92 Å². The Kier molecular flexibility index (Phi) is 6.38. The highest BCUT2D eigenvalue weighted by Gasteiger charge is 2.22. The molecule has 0 atom stereocenters. The Labute approximate surface area is 158 Å². The van der Waals surface area contributed by atoms with E-state index >= 15 is 0 Å². The minimum atomic E-state index is -0.554. The third kappa shape index (κ3) is 4.62. The molecule has 0 aliphatic carbocycles. The van der Waals surface area contributed by atoms with Crippen molar-refractivity contribution in [2.75, 3.05) is 49.3 Å². The molecule has 1 aromatic carbocycles. The monoisotopic (exact) mass is 369 g/mol. The molecule has 0 N–H and O–H groups in total. The van der Waals surface area contributed by atoms with Crippen LogP contribution in [0.1, 0.15) is 17.3 Å². The van der Waals surface area contributed by atoms with Crippen LogP contribution < -0.4 is 9.80 Å². The molecule has 0 saturated carbocycles. The third-order valence-electron chi connectivity index (χ3n) is 4.33. The lowest BCUT2D eigenvalue weighted by molar-refractivity contribution is -0.121. The van der Waals surface area contributed by atoms with Crippen molar-refractivity contribution in [1.29, 1.82) is 0 Å². The average molecular weight is 369 g/mol. The molecule has 1 aliphatic heterocycles. The lowest BCUT2D eigenvalue weighted by atomic mass is 10.2. The molecule has 2 heterocycles. The summed E-state index contributed by atoms with van der Waals surface area (Å²) in [6.45, 7) is 4.55. The number of carbonyl (C=O) groups is 2. The van der Waals surface area contributed by atoms with Gasteiger partial charge in [-0.25, -0.2) is 9.78 Å². The molecule has 1 aliphatic rings. The molecule has 0 spiro atoms. The van der Waals surface area contributed by atoms with E-state index in [-0.39, 0.29) is 12.5 Å². The number of esters is 1. The molecule has 142 valence electrons. The summed E-state index contributed by atoms with van der Waals surface area (Å²) in [6, 6.07) is 12.7. The first-order valence-electron chi connectivity index (χ1n) is 9.01. The SMILES string of the molecule is CCN(C(=O)COC(=O)c1cccnc1N1CCOCC1)c1ccccc1. The average Bonchev–Trinajstić information content (AvgIpc) is 2.74. The van der Waals surface area contributed by atoms with Gasteiger partial charge in [0.25, 0.3) is 5.91 Å². The number of ether oxygens (including phenoxy) is 2. The van der Waals surface area contributed by atoms with Crippen molar-refractivity contribution in [1.82, 2.24) is 4.98 Å². The Morgan fingerprint density at radius 3 is 2.59 bits per heavy atom. The molecular formula is C20H23N3O4. The summed E-state index contributed by atoms with van der Waals surface area (Å²) in [7, 11) is 0. The van der Waals surface area contributed by atoms with Gasteiger partial charge < -0.3 is 19.3 Å². The van der Waals surface area contributed by atoms with E-state index in [1.54, 1.807) is 23.2 Å². The molecule has 1 saturated heterocycles. The summed E-state index contributed by atoms with van der Waals surface area (Å²) < 4.78 is 10.6. The minimum Gasteiger partial charge on any atom is -0.452 e. The van der Waals surface area contributed by atoms with Crippen LogP contribution in [0.4, 0.5) is 11.5 Å². The van der Waals surface area contributed by atoms with Crippen LogP contribution in [0, 0.1) is 0 Å². The van der Waals surface area contributed by atoms with E-state index < -0.39 is 5.97 Å². The number of benzene rings is 1. The summed E-state index contributed by atoms with van der Waals surface area (Å²) >= 11 is 0. The second kappa shape index (κ2) is 9.14. The topological polar surface area (TPSA) is 72.0 Å². The second-order valence-corrected chi connectivity index (χ2v) is 6.02. The Morgan fingerprint density at radius 2 is 1.89 bits per heavy atom. The van der Waals surface area contributed by atoms with E-state index in [2.05, 4.69) is 4.98 Å². The molecule has 27 heavy (non-hydrogen) atoms. The van der Waals surface area contributed by atoms with Crippen LogP contribution >= 0.6 is 0 Å². The molecule has 0 bridgehead atoms. The smallest absolute Gasteiger partial charge is 0.342 e. The number of hydrogen-bond donors (Lipinski definition) is 0. The van der Waals surface area contributed by atoms with Crippen molar-refractivity contribution in [3.05, 3.63) is 54.2 Å². The number of aromatic nitrogens is 1. The highest BCUT2D eigenvalue weighted by molar-refractivity contribution is 5.99. The predicted molar refractivity (Wildman–Crippen MR) is 102 cm³/mol. The number of carbonyl (C=O) groups excluding carboxylic acids is 2. The number of likely N-dealkylation sites (N-methyl/N-ethyl adjacent to an activating group) is 1. The molecule has 0 radical (unpaired) electrons. The summed E-state index contributed by atoms with van der Waals surface area (Å²) in [6.07, 6.45) is 1.64. The van der Waals surface area contributed by atoms with Crippen LogP contribution in [-0.2, 0) is 14.3 Å². The zero-order valence-corrected chi connectivity index (χ0v) is 15.3. The van der Waals surface area contributed by atoms with Gasteiger partial charge in [-0.3, -0.25) is 4.79 Å². The van der Waals surface area contributed by atoms with E-state index in [9.17, 15) is 9.59 Å². The van der Waals surface area contributed by atoms with Crippen LogP contribution in [0.25, 0.3) is 0 Å². The van der Waals surface area contributed by atoms with E-state index in [1.807, 2.05) is 42.2 Å². The summed E-state index contributed by atoms with van der Waals surface area (Å²) in [5, 5.41) is 0. The van der Waals surface area contributed by atoms with Gasteiger partial charge in [0, 0.05) is 31.5 Å². The van der Waals surface area contributed by atoms with Crippen molar-refractivity contribution < 1.29 is 19.1 Å². The van der Waals surface area contributed by atoms with Gasteiger partial charge in [0.05, 0.1) is 13.2 Å². The van der Waals surface area contributed by atoms with Gasteiger partial charge in [-0.1, -0.05) is 18.2 Å². The molecule has 0 unspecified atom stereocenters. The van der Waals surface area contributed by atoms with Gasteiger partial charge in [-0.15, -0.1) is 0 Å². The van der Waals surface area contributed by atoms with E-state index in [0.717, 1.165) is 5.69 Å². The van der Waals surface area contributed by atoms with Crippen molar-refractivity contribution >= 4 is 23.4 Å². The number of pyridine rings is 1. The van der Waals surface area contributed by atoms with Crippen LogP contribution in [0.15, 0.2) is 48.7 Å². The molecular weight excluding hydrogens is 346 g/mol. The molecule has 1 fully saturated rings. The summed E-state index contributed by atoms with van der Waals surface area (Å²) in [5.41, 5.74) is 1.13. The van der Waals surface area contributed by atoms with E-state index in [0.29, 0.717) is 44.2 Å². The zero-order valence-electron chi connectivity index (χ0n) is 15.3. The molecule has 3 rings (SSSR count). The van der Waals surface area contributed by atoms with Gasteiger partial charge in [0.1, 0.15) is 11.4 Å². The number of rotatable bonds is 6. The Bertz CT molecular complexity index is 776. The fraction of sp³-hybridized carbons (Fsp3) is 0.350. The third-order valence-corrected chi connectivity index (χ3v) is 4.33. The summed E-state index contributed by atoms with van der Waals surface area (Å²) in [4.78, 5) is 33.0. The first-order valence-corrected chi connectivity index (χ1v) is 9.01. The maximum Gasteiger partial charge on any atom is 0.342 e. The minimum absolute atomic E-state index is 0.270. The second-order valence-electron chi connectivity index (χ2n) is 6.02. The Balaban J connectivity index is 1.66. The molecule has 1 aromatic heterocycles. The normalized spacial score (nSPS) is 13.9. The lowest BCUT2D eigenvalue weighted by Crippen LogP contribution is -2.38. The highest BCUT2D eigenvalue weighted by Crippen LogP contribution is 2.20. The quantitative estimate of drug-likeness (QED) is 0.727. The zero-order chi connectivity index (χ0) is 19.1. The van der Waals surface area contributed by atoms with Crippen molar-refractivity contribution in [2.24, 2.45) is 0 Å². The largest absolute Gasteiger partial charge is 0.452 e. The van der Waals surface area contributed by atoms with Crippen LogP contribution in [0.3, 0.4) is 0 Å². The van der Waals surface area contributed by atoms with Crippen molar-refractivity contribution in [3.8, 4) is 0 Å². The fourth-order valence-electron chi connectivity index (χ4n) is 2.98. The molecule has 7 heteroatoms. The molecule has 2 aromatic rings. The standard InChI is InChI=1S/C20H23N3O4/c1-2-23(16-7-4-3-5-8-16)18(24)15-27-20(25)17-9-6-10-21-19(17)22-11-13-26-14-12-22/h3-10H,2,11-15H2,1H3. The van der Waals surface area contributed by atoms with Crippen LogP contribution in [0.5, 0.6) is 0 Å². The first kappa shape index (κ1) is 18.8. The first-order chi connectivity index (χ1) is 13.2. The van der Waals surface area contributed by atoms with E-state index in [1.165, 1.54) is 0 Å².